The van der Waals surface area contributed by atoms with E-state index in [-0.39, 0.29) is 6.10 Å². The zero-order chi connectivity index (χ0) is 12.6. The third-order valence-electron chi connectivity index (χ3n) is 2.98. The van der Waals surface area contributed by atoms with E-state index in [4.69, 9.17) is 9.84 Å². The lowest BCUT2D eigenvalue weighted by molar-refractivity contribution is -0.141. The molecule has 2 unspecified atom stereocenters. The highest BCUT2D eigenvalue weighted by Crippen LogP contribution is 2.36. The highest BCUT2D eigenvalue weighted by Gasteiger charge is 2.24. The molecule has 0 aliphatic carbocycles. The number of benzene rings is 1. The Bertz CT molecular complexity index is 456. The van der Waals surface area contributed by atoms with E-state index in [1.807, 2.05) is 19.1 Å². The van der Waals surface area contributed by atoms with Crippen molar-refractivity contribution in [2.75, 3.05) is 0 Å². The monoisotopic (exact) mass is 298 g/mol. The van der Waals surface area contributed by atoms with Gasteiger partial charge in [-0.2, -0.15) is 0 Å². The molecule has 1 aromatic rings. The molecule has 1 N–H and O–H groups in total. The second-order valence-corrected chi connectivity index (χ2v) is 5.54. The standard InChI is InChI=1S/C13H15BrO3/c1-7(13(15)16)3-9-5-11(14)6-10-4-8(2)17-12(9)10/h5-8H,3-4H2,1-2H3,(H,15,16). The fourth-order valence-corrected chi connectivity index (χ4v) is 2.69. The number of hydrogen-bond acceptors (Lipinski definition) is 2. The topological polar surface area (TPSA) is 46.5 Å². The van der Waals surface area contributed by atoms with E-state index in [1.165, 1.54) is 5.56 Å². The van der Waals surface area contributed by atoms with Crippen LogP contribution in [-0.4, -0.2) is 17.2 Å². The summed E-state index contributed by atoms with van der Waals surface area (Å²) in [5.41, 5.74) is 2.15. The van der Waals surface area contributed by atoms with Crippen LogP contribution in [0.1, 0.15) is 25.0 Å². The number of carbonyl (C=O) groups is 1. The zero-order valence-corrected chi connectivity index (χ0v) is 11.5. The van der Waals surface area contributed by atoms with Crippen LogP contribution in [0.3, 0.4) is 0 Å². The summed E-state index contributed by atoms with van der Waals surface area (Å²) in [6.45, 7) is 3.74. The lowest BCUT2D eigenvalue weighted by atomic mass is 9.98. The zero-order valence-electron chi connectivity index (χ0n) is 9.87. The Morgan fingerprint density at radius 3 is 3.00 bits per heavy atom. The van der Waals surface area contributed by atoms with Crippen LogP contribution in [0, 0.1) is 5.92 Å². The number of carboxylic acid groups (broad SMARTS) is 1. The van der Waals surface area contributed by atoms with Crippen molar-refractivity contribution in [2.45, 2.75) is 32.8 Å². The first-order valence-electron chi connectivity index (χ1n) is 5.68. The molecule has 1 aromatic carbocycles. The van der Waals surface area contributed by atoms with Gasteiger partial charge in [0.1, 0.15) is 11.9 Å². The molecule has 0 fully saturated rings. The molecule has 4 heteroatoms. The van der Waals surface area contributed by atoms with E-state index in [0.29, 0.717) is 6.42 Å². The Kier molecular flexibility index (Phi) is 3.43. The minimum atomic E-state index is -0.773. The molecule has 0 aromatic heterocycles. The molecule has 1 heterocycles. The molecule has 1 aliphatic heterocycles. The van der Waals surface area contributed by atoms with Crippen LogP contribution in [0.2, 0.25) is 0 Å². The van der Waals surface area contributed by atoms with Crippen LogP contribution >= 0.6 is 15.9 Å². The van der Waals surface area contributed by atoms with Gasteiger partial charge in [0.05, 0.1) is 5.92 Å². The van der Waals surface area contributed by atoms with Crippen LogP contribution in [0.15, 0.2) is 16.6 Å². The molecular formula is C13H15BrO3. The highest BCUT2D eigenvalue weighted by molar-refractivity contribution is 9.10. The maximum absolute atomic E-state index is 10.9. The number of hydrogen-bond donors (Lipinski definition) is 1. The van der Waals surface area contributed by atoms with Gasteiger partial charge < -0.3 is 9.84 Å². The number of rotatable bonds is 3. The number of carboxylic acids is 1. The summed E-state index contributed by atoms with van der Waals surface area (Å²) < 4.78 is 6.75. The Hall–Kier alpha value is -1.03. The molecule has 17 heavy (non-hydrogen) atoms. The summed E-state index contributed by atoms with van der Waals surface area (Å²) in [4.78, 5) is 10.9. The van der Waals surface area contributed by atoms with Crippen LogP contribution in [-0.2, 0) is 17.6 Å². The lowest BCUT2D eigenvalue weighted by Gasteiger charge is -2.12. The van der Waals surface area contributed by atoms with Gasteiger partial charge in [-0.25, -0.2) is 0 Å². The smallest absolute Gasteiger partial charge is 0.306 e. The normalized spacial score (nSPS) is 19.6. The molecule has 0 saturated heterocycles. The highest BCUT2D eigenvalue weighted by atomic mass is 79.9. The lowest BCUT2D eigenvalue weighted by Crippen LogP contribution is -2.13. The van der Waals surface area contributed by atoms with Crippen LogP contribution in [0.5, 0.6) is 5.75 Å². The first-order valence-corrected chi connectivity index (χ1v) is 6.47. The SMILES string of the molecule is CC1Cc2cc(Br)cc(CC(C)C(=O)O)c2O1. The Labute approximate surface area is 109 Å². The summed E-state index contributed by atoms with van der Waals surface area (Å²) in [5.74, 6) is -0.286. The van der Waals surface area contributed by atoms with Gasteiger partial charge in [-0.1, -0.05) is 22.9 Å². The first kappa shape index (κ1) is 12.4. The van der Waals surface area contributed by atoms with Crippen molar-refractivity contribution in [3.05, 3.63) is 27.7 Å². The van der Waals surface area contributed by atoms with E-state index < -0.39 is 11.9 Å². The molecule has 0 spiro atoms. The summed E-state index contributed by atoms with van der Waals surface area (Å²) in [5, 5.41) is 8.96. The van der Waals surface area contributed by atoms with Gasteiger partial charge in [-0.15, -0.1) is 0 Å². The predicted octanol–water partition coefficient (Wildman–Crippen LogP) is 3.04. The largest absolute Gasteiger partial charge is 0.490 e. The molecule has 2 rings (SSSR count). The third-order valence-corrected chi connectivity index (χ3v) is 3.44. The van der Waals surface area contributed by atoms with Crippen molar-refractivity contribution < 1.29 is 14.6 Å². The maximum Gasteiger partial charge on any atom is 0.306 e. The van der Waals surface area contributed by atoms with Crippen LogP contribution in [0.25, 0.3) is 0 Å². The number of halogens is 1. The quantitative estimate of drug-likeness (QED) is 0.933. The van der Waals surface area contributed by atoms with Gasteiger partial charge in [-0.3, -0.25) is 4.79 Å². The van der Waals surface area contributed by atoms with Gasteiger partial charge in [0.25, 0.3) is 0 Å². The Balaban J connectivity index is 2.32. The molecule has 92 valence electrons. The average Bonchev–Trinajstić information content (AvgIpc) is 2.58. The van der Waals surface area contributed by atoms with Crippen molar-refractivity contribution in [2.24, 2.45) is 5.92 Å². The van der Waals surface area contributed by atoms with Crippen molar-refractivity contribution >= 4 is 21.9 Å². The molecule has 0 bridgehead atoms. The van der Waals surface area contributed by atoms with E-state index >= 15 is 0 Å². The molecule has 3 nitrogen and oxygen atoms in total. The van der Waals surface area contributed by atoms with Gasteiger partial charge in [-0.05, 0) is 36.6 Å². The molecule has 1 aliphatic rings. The molecule has 0 saturated carbocycles. The van der Waals surface area contributed by atoms with Gasteiger partial charge in [0.2, 0.25) is 0 Å². The molecule has 0 radical (unpaired) electrons. The summed E-state index contributed by atoms with van der Waals surface area (Å²) in [7, 11) is 0. The second-order valence-electron chi connectivity index (χ2n) is 4.63. The summed E-state index contributed by atoms with van der Waals surface area (Å²) in [6, 6.07) is 4.00. The number of fused-ring (bicyclic) bond motifs is 1. The van der Waals surface area contributed by atoms with Crippen molar-refractivity contribution in [3.8, 4) is 5.75 Å². The maximum atomic E-state index is 10.9. The summed E-state index contributed by atoms with van der Waals surface area (Å²) in [6.07, 6.45) is 1.57. The van der Waals surface area contributed by atoms with E-state index in [9.17, 15) is 4.79 Å². The van der Waals surface area contributed by atoms with Gasteiger partial charge >= 0.3 is 5.97 Å². The fourth-order valence-electron chi connectivity index (χ4n) is 2.14. The van der Waals surface area contributed by atoms with Gasteiger partial charge in [0, 0.05) is 10.9 Å². The summed E-state index contributed by atoms with van der Waals surface area (Å²) >= 11 is 3.46. The molecule has 0 amide bonds. The van der Waals surface area contributed by atoms with Crippen molar-refractivity contribution in [3.63, 3.8) is 0 Å². The minimum absolute atomic E-state index is 0.179. The van der Waals surface area contributed by atoms with Crippen LogP contribution < -0.4 is 4.74 Å². The molecular weight excluding hydrogens is 284 g/mol. The van der Waals surface area contributed by atoms with E-state index in [2.05, 4.69) is 15.9 Å². The van der Waals surface area contributed by atoms with E-state index in [0.717, 1.165) is 22.2 Å². The third kappa shape index (κ3) is 2.63. The van der Waals surface area contributed by atoms with Gasteiger partial charge in [0.15, 0.2) is 0 Å². The van der Waals surface area contributed by atoms with E-state index in [1.54, 1.807) is 6.92 Å². The fraction of sp³-hybridized carbons (Fsp3) is 0.462. The Morgan fingerprint density at radius 2 is 2.35 bits per heavy atom. The predicted molar refractivity (Wildman–Crippen MR) is 68.4 cm³/mol. The van der Waals surface area contributed by atoms with Crippen molar-refractivity contribution in [1.82, 2.24) is 0 Å². The first-order chi connectivity index (χ1) is 7.97. The number of ether oxygens (including phenoxy) is 1. The number of aliphatic carboxylic acids is 1. The average molecular weight is 299 g/mol. The minimum Gasteiger partial charge on any atom is -0.490 e. The molecule has 2 atom stereocenters. The second kappa shape index (κ2) is 4.69. The van der Waals surface area contributed by atoms with Crippen LogP contribution in [0.4, 0.5) is 0 Å². The Morgan fingerprint density at radius 1 is 1.65 bits per heavy atom. The van der Waals surface area contributed by atoms with Crippen molar-refractivity contribution in [1.29, 1.82) is 0 Å².